The van der Waals surface area contributed by atoms with Crippen LogP contribution < -0.4 is 14.4 Å². The lowest BCUT2D eigenvalue weighted by atomic mass is 9.87. The minimum atomic E-state index is -4.74. The van der Waals surface area contributed by atoms with E-state index in [-0.39, 0.29) is 29.9 Å². The molecule has 0 bridgehead atoms. The van der Waals surface area contributed by atoms with E-state index in [1.165, 1.54) is 48.5 Å². The van der Waals surface area contributed by atoms with Crippen LogP contribution in [0.15, 0.2) is 66.7 Å². The van der Waals surface area contributed by atoms with Crippen LogP contribution >= 0.6 is 0 Å². The summed E-state index contributed by atoms with van der Waals surface area (Å²) in [6.45, 7) is 4.51. The highest BCUT2D eigenvalue weighted by molar-refractivity contribution is 5.96. The van der Waals surface area contributed by atoms with E-state index < -0.39 is 12.2 Å². The van der Waals surface area contributed by atoms with Crippen molar-refractivity contribution in [1.29, 1.82) is 0 Å². The van der Waals surface area contributed by atoms with Gasteiger partial charge in [0.25, 0.3) is 0 Å². The third-order valence-electron chi connectivity index (χ3n) is 7.66. The first kappa shape index (κ1) is 29.8. The van der Waals surface area contributed by atoms with E-state index in [4.69, 9.17) is 4.74 Å². The second-order valence-electron chi connectivity index (χ2n) is 10.5. The Morgan fingerprint density at radius 3 is 2.14 bits per heavy atom. The fraction of sp³-hybridized carbons (Fsp3) is 0.387. The summed E-state index contributed by atoms with van der Waals surface area (Å²) in [5.41, 5.74) is 2.37. The van der Waals surface area contributed by atoms with Gasteiger partial charge in [-0.25, -0.2) is 8.78 Å². The van der Waals surface area contributed by atoms with Gasteiger partial charge in [-0.1, -0.05) is 18.2 Å². The first-order valence-corrected chi connectivity index (χ1v) is 13.9. The predicted octanol–water partition coefficient (Wildman–Crippen LogP) is 5.82. The number of nitrogens with zero attached hydrogens (tertiary/aromatic N) is 3. The average molecular weight is 590 g/mol. The summed E-state index contributed by atoms with van der Waals surface area (Å²) in [5, 5.41) is 0. The molecule has 42 heavy (non-hydrogen) atoms. The van der Waals surface area contributed by atoms with E-state index >= 15 is 0 Å². The molecule has 1 amide bonds. The van der Waals surface area contributed by atoms with Crippen molar-refractivity contribution in [3.05, 3.63) is 89.5 Å². The SMILES string of the molecule is O=C(CN1CCN(CCOc2ccc(OC(F)(F)F)cc2)CC1)N1CCCC(c2ccc(F)cc2)c2ccc(F)cc21. The van der Waals surface area contributed by atoms with Gasteiger partial charge in [-0.15, -0.1) is 13.2 Å². The molecule has 0 spiro atoms. The Morgan fingerprint density at radius 2 is 1.45 bits per heavy atom. The molecule has 2 aliphatic heterocycles. The monoisotopic (exact) mass is 589 g/mol. The van der Waals surface area contributed by atoms with Gasteiger partial charge in [-0.2, -0.15) is 0 Å². The number of halogens is 5. The van der Waals surface area contributed by atoms with E-state index in [0.717, 1.165) is 37.1 Å². The molecule has 2 heterocycles. The van der Waals surface area contributed by atoms with Crippen LogP contribution in [0.3, 0.4) is 0 Å². The van der Waals surface area contributed by atoms with Gasteiger partial charge in [0.05, 0.1) is 12.2 Å². The number of fused-ring (bicyclic) bond motifs is 1. The summed E-state index contributed by atoms with van der Waals surface area (Å²) in [4.78, 5) is 19.5. The van der Waals surface area contributed by atoms with E-state index in [0.29, 0.717) is 44.2 Å². The largest absolute Gasteiger partial charge is 0.573 e. The average Bonchev–Trinajstić information content (AvgIpc) is 3.14. The van der Waals surface area contributed by atoms with E-state index in [2.05, 4.69) is 14.5 Å². The third kappa shape index (κ3) is 7.77. The number of carbonyl (C=O) groups excluding carboxylic acids is 1. The summed E-state index contributed by atoms with van der Waals surface area (Å²) < 4.78 is 74.4. The number of ether oxygens (including phenoxy) is 2. The number of hydrogen-bond acceptors (Lipinski definition) is 5. The van der Waals surface area contributed by atoms with Crippen molar-refractivity contribution in [3.8, 4) is 11.5 Å². The fourth-order valence-corrected chi connectivity index (χ4v) is 5.55. The molecule has 2 aliphatic rings. The Morgan fingerprint density at radius 1 is 0.810 bits per heavy atom. The molecular formula is C31H32F5N3O3. The molecule has 3 aromatic carbocycles. The van der Waals surface area contributed by atoms with Gasteiger partial charge in [0, 0.05) is 45.2 Å². The lowest BCUT2D eigenvalue weighted by molar-refractivity contribution is -0.274. The van der Waals surface area contributed by atoms with Crippen LogP contribution in [0, 0.1) is 11.6 Å². The first-order valence-electron chi connectivity index (χ1n) is 13.9. The second-order valence-corrected chi connectivity index (χ2v) is 10.5. The molecule has 0 aliphatic carbocycles. The summed E-state index contributed by atoms with van der Waals surface area (Å²) in [6, 6.07) is 16.2. The molecule has 224 valence electrons. The van der Waals surface area contributed by atoms with Gasteiger partial charge in [0.15, 0.2) is 0 Å². The van der Waals surface area contributed by atoms with Crippen molar-refractivity contribution in [2.24, 2.45) is 0 Å². The summed E-state index contributed by atoms with van der Waals surface area (Å²) >= 11 is 0. The smallest absolute Gasteiger partial charge is 0.492 e. The van der Waals surface area contributed by atoms with Crippen LogP contribution in [0.4, 0.5) is 27.6 Å². The van der Waals surface area contributed by atoms with E-state index in [1.807, 2.05) is 0 Å². The number of alkyl halides is 3. The predicted molar refractivity (Wildman–Crippen MR) is 148 cm³/mol. The number of piperazine rings is 1. The van der Waals surface area contributed by atoms with Gasteiger partial charge < -0.3 is 14.4 Å². The van der Waals surface area contributed by atoms with Crippen molar-refractivity contribution < 1.29 is 36.2 Å². The Kier molecular flexibility index (Phi) is 9.27. The Balaban J connectivity index is 1.12. The van der Waals surface area contributed by atoms with Crippen LogP contribution in [0.5, 0.6) is 11.5 Å². The van der Waals surface area contributed by atoms with Crippen LogP contribution in [-0.4, -0.2) is 74.5 Å². The summed E-state index contributed by atoms with van der Waals surface area (Å²) in [5.74, 6) is -0.726. The number of hydrogen-bond donors (Lipinski definition) is 0. The van der Waals surface area contributed by atoms with Gasteiger partial charge in [-0.05, 0) is 72.5 Å². The maximum absolute atomic E-state index is 14.4. The van der Waals surface area contributed by atoms with E-state index in [1.54, 1.807) is 23.1 Å². The number of amides is 1. The molecule has 0 radical (unpaired) electrons. The highest BCUT2D eigenvalue weighted by Gasteiger charge is 2.31. The molecule has 3 aromatic rings. The Hall–Kier alpha value is -3.70. The highest BCUT2D eigenvalue weighted by Crippen LogP contribution is 2.39. The zero-order valence-electron chi connectivity index (χ0n) is 23.0. The quantitative estimate of drug-likeness (QED) is 0.310. The highest BCUT2D eigenvalue weighted by atomic mass is 19.4. The number of anilines is 1. The van der Waals surface area contributed by atoms with Gasteiger partial charge in [0.1, 0.15) is 29.7 Å². The second kappa shape index (κ2) is 13.1. The fourth-order valence-electron chi connectivity index (χ4n) is 5.55. The molecule has 1 saturated heterocycles. The normalized spacial score (nSPS) is 18.3. The number of carbonyl (C=O) groups is 1. The number of benzene rings is 3. The van der Waals surface area contributed by atoms with Crippen molar-refractivity contribution in [2.75, 3.05) is 57.3 Å². The topological polar surface area (TPSA) is 45.3 Å². The minimum Gasteiger partial charge on any atom is -0.492 e. The zero-order valence-corrected chi connectivity index (χ0v) is 23.0. The van der Waals surface area contributed by atoms with E-state index in [9.17, 15) is 26.7 Å². The first-order chi connectivity index (χ1) is 20.1. The standard InChI is InChI=1S/C31H32F5N3O3/c32-23-5-3-22(4-6-23)27-2-1-13-39(29-20-24(33)7-12-28(27)29)30(40)21-38-16-14-37(15-17-38)18-19-41-25-8-10-26(11-9-25)42-31(34,35)36/h3-12,20,27H,1-2,13-19,21H2. The van der Waals surface area contributed by atoms with Gasteiger partial charge >= 0.3 is 6.36 Å². The minimum absolute atomic E-state index is 0.0593. The maximum Gasteiger partial charge on any atom is 0.573 e. The molecule has 1 fully saturated rings. The zero-order chi connectivity index (χ0) is 29.7. The molecule has 0 saturated carbocycles. The number of rotatable bonds is 8. The van der Waals surface area contributed by atoms with Crippen LogP contribution in [-0.2, 0) is 4.79 Å². The Bertz CT molecular complexity index is 1340. The van der Waals surface area contributed by atoms with Crippen LogP contribution in [0.2, 0.25) is 0 Å². The molecule has 11 heteroatoms. The maximum atomic E-state index is 14.4. The van der Waals surface area contributed by atoms with Crippen molar-refractivity contribution in [3.63, 3.8) is 0 Å². The summed E-state index contributed by atoms with van der Waals surface area (Å²) in [7, 11) is 0. The molecule has 6 nitrogen and oxygen atoms in total. The lowest BCUT2D eigenvalue weighted by Gasteiger charge is -2.35. The van der Waals surface area contributed by atoms with Crippen LogP contribution in [0.25, 0.3) is 0 Å². The van der Waals surface area contributed by atoms with Gasteiger partial charge in [0.2, 0.25) is 5.91 Å². The molecule has 1 atom stereocenters. The molecular weight excluding hydrogens is 557 g/mol. The Labute approximate surface area is 241 Å². The molecule has 0 aromatic heterocycles. The van der Waals surface area contributed by atoms with Crippen molar-refractivity contribution >= 4 is 11.6 Å². The van der Waals surface area contributed by atoms with Crippen molar-refractivity contribution in [2.45, 2.75) is 25.1 Å². The third-order valence-corrected chi connectivity index (χ3v) is 7.66. The lowest BCUT2D eigenvalue weighted by Crippen LogP contribution is -2.51. The van der Waals surface area contributed by atoms with Crippen LogP contribution in [0.1, 0.15) is 29.9 Å². The summed E-state index contributed by atoms with van der Waals surface area (Å²) in [6.07, 6.45) is -3.24. The van der Waals surface area contributed by atoms with Crippen molar-refractivity contribution in [1.82, 2.24) is 9.80 Å². The molecule has 1 unspecified atom stereocenters. The molecule has 5 rings (SSSR count). The molecule has 0 N–H and O–H groups in total. The van der Waals surface area contributed by atoms with Gasteiger partial charge in [-0.3, -0.25) is 14.6 Å².